The molecule has 1 atom stereocenters. The van der Waals surface area contributed by atoms with Crippen LogP contribution in [0.2, 0.25) is 0 Å². The Bertz CT molecular complexity index is 725. The van der Waals surface area contributed by atoms with E-state index in [0.717, 1.165) is 0 Å². The van der Waals surface area contributed by atoms with Crippen molar-refractivity contribution >= 4 is 22.8 Å². The highest BCUT2D eigenvalue weighted by molar-refractivity contribution is 8.14. The summed E-state index contributed by atoms with van der Waals surface area (Å²) in [5, 5.41) is 11.2. The maximum absolute atomic E-state index is 12.3. The molecule has 1 N–H and O–H groups in total. The molecule has 0 saturated heterocycles. The first-order chi connectivity index (χ1) is 14.4. The molecule has 0 spiro atoms. The highest BCUT2D eigenvalue weighted by Crippen LogP contribution is 2.38. The normalized spacial score (nSPS) is 18.5. The summed E-state index contributed by atoms with van der Waals surface area (Å²) in [6.45, 7) is 8.03. The summed E-state index contributed by atoms with van der Waals surface area (Å²) in [5.41, 5.74) is -0.432. The summed E-state index contributed by atoms with van der Waals surface area (Å²) in [4.78, 5) is 16.9. The molecular formula is C21H31NO7S. The van der Waals surface area contributed by atoms with Gasteiger partial charge >= 0.3 is 5.97 Å². The zero-order valence-corrected chi connectivity index (χ0v) is 18.8. The zero-order chi connectivity index (χ0) is 22.0. The molecule has 9 heteroatoms. The van der Waals surface area contributed by atoms with Crippen LogP contribution in [0, 0.1) is 0 Å². The van der Waals surface area contributed by atoms with Gasteiger partial charge in [-0.25, -0.2) is 4.79 Å². The second-order valence-corrected chi connectivity index (χ2v) is 8.12. The van der Waals surface area contributed by atoms with Crippen LogP contribution in [0.25, 0.3) is 0 Å². The molecule has 1 unspecified atom stereocenters. The molecule has 0 radical (unpaired) electrons. The Morgan fingerprint density at radius 3 is 2.50 bits per heavy atom. The third-order valence-corrected chi connectivity index (χ3v) is 5.43. The Hall–Kier alpha value is -1.81. The molecule has 1 aromatic rings. The predicted molar refractivity (Wildman–Crippen MR) is 116 cm³/mol. The highest BCUT2D eigenvalue weighted by Gasteiger charge is 2.41. The van der Waals surface area contributed by atoms with Crippen LogP contribution in [0.1, 0.15) is 26.3 Å². The van der Waals surface area contributed by atoms with Gasteiger partial charge in [-0.2, -0.15) is 0 Å². The number of hydrogen-bond acceptors (Lipinski definition) is 9. The van der Waals surface area contributed by atoms with Gasteiger partial charge in [0.2, 0.25) is 0 Å². The van der Waals surface area contributed by atoms with Crippen molar-refractivity contribution in [1.82, 2.24) is 0 Å². The van der Waals surface area contributed by atoms with Crippen LogP contribution in [0.4, 0.5) is 0 Å². The predicted octanol–water partition coefficient (Wildman–Crippen LogP) is 2.65. The number of aliphatic imine (C=N–C) groups is 1. The first-order valence-electron chi connectivity index (χ1n) is 9.90. The maximum Gasteiger partial charge on any atom is 0.334 e. The second-order valence-electron chi connectivity index (χ2n) is 7.15. The van der Waals surface area contributed by atoms with Crippen molar-refractivity contribution in [3.05, 3.63) is 23.8 Å². The number of phenolic OH excluding ortho intramolecular Hbond substituents is 1. The summed E-state index contributed by atoms with van der Waals surface area (Å²) in [6, 6.07) is 5.21. The second kappa shape index (κ2) is 12.1. The number of phenols is 1. The lowest BCUT2D eigenvalue weighted by Gasteiger charge is -2.19. The van der Waals surface area contributed by atoms with Gasteiger partial charge in [-0.15, -0.1) is 11.8 Å². The van der Waals surface area contributed by atoms with Gasteiger partial charge in [0, 0.05) is 12.9 Å². The quantitative estimate of drug-likeness (QED) is 0.369. The number of aromatic hydroxyl groups is 1. The van der Waals surface area contributed by atoms with Gasteiger partial charge in [-0.1, -0.05) is 6.07 Å². The van der Waals surface area contributed by atoms with Crippen LogP contribution in [0.5, 0.6) is 11.5 Å². The molecule has 1 heterocycles. The standard InChI is InChI=1S/C21H31NO7S/c1-15(2)29-20(24)21(3)14-30-19(22-21)16-6-5-7-17(18(16)23)28-13-12-27-11-10-26-9-8-25-4/h5-7,15,23H,8-14H2,1-4H3. The highest BCUT2D eigenvalue weighted by atomic mass is 32.2. The molecule has 0 amide bonds. The summed E-state index contributed by atoms with van der Waals surface area (Å²) >= 11 is 1.41. The van der Waals surface area contributed by atoms with Gasteiger partial charge in [0.05, 0.1) is 44.7 Å². The van der Waals surface area contributed by atoms with Gasteiger partial charge in [-0.05, 0) is 32.9 Å². The number of rotatable bonds is 13. The minimum absolute atomic E-state index is 0.00636. The number of ether oxygens (including phenoxy) is 5. The van der Waals surface area contributed by atoms with Crippen LogP contribution in [-0.4, -0.2) is 80.3 Å². The van der Waals surface area contributed by atoms with Crippen molar-refractivity contribution in [1.29, 1.82) is 0 Å². The Labute approximate surface area is 181 Å². The molecule has 1 aliphatic rings. The molecular weight excluding hydrogens is 410 g/mol. The van der Waals surface area contributed by atoms with Crippen LogP contribution >= 0.6 is 11.8 Å². The molecule has 0 fully saturated rings. The summed E-state index contributed by atoms with van der Waals surface area (Å²) in [7, 11) is 1.62. The molecule has 30 heavy (non-hydrogen) atoms. The van der Waals surface area contributed by atoms with E-state index in [2.05, 4.69) is 4.99 Å². The number of para-hydroxylation sites is 1. The van der Waals surface area contributed by atoms with Crippen molar-refractivity contribution in [3.8, 4) is 11.5 Å². The van der Waals surface area contributed by atoms with Crippen LogP contribution < -0.4 is 4.74 Å². The number of carbonyl (C=O) groups is 1. The molecule has 0 saturated carbocycles. The fourth-order valence-electron chi connectivity index (χ4n) is 2.57. The molecule has 8 nitrogen and oxygen atoms in total. The SMILES string of the molecule is COCCOCCOCCOc1cccc(C2=NC(C)(C(=O)OC(C)C)CS2)c1O. The summed E-state index contributed by atoms with van der Waals surface area (Å²) in [6.07, 6.45) is -0.206. The largest absolute Gasteiger partial charge is 0.504 e. The number of esters is 1. The lowest BCUT2D eigenvalue weighted by molar-refractivity contribution is -0.152. The van der Waals surface area contributed by atoms with E-state index in [1.165, 1.54) is 11.8 Å². The Morgan fingerprint density at radius 1 is 1.17 bits per heavy atom. The maximum atomic E-state index is 12.3. The van der Waals surface area contributed by atoms with Crippen LogP contribution in [0.15, 0.2) is 23.2 Å². The van der Waals surface area contributed by atoms with Crippen molar-refractivity contribution in [2.24, 2.45) is 4.99 Å². The fourth-order valence-corrected chi connectivity index (χ4v) is 3.75. The molecule has 0 aliphatic carbocycles. The number of methoxy groups -OCH3 is 1. The summed E-state index contributed by atoms with van der Waals surface area (Å²) in [5.74, 6) is 0.427. The minimum atomic E-state index is -0.966. The van der Waals surface area contributed by atoms with E-state index in [0.29, 0.717) is 55.1 Å². The minimum Gasteiger partial charge on any atom is -0.504 e. The monoisotopic (exact) mass is 441 g/mol. The van der Waals surface area contributed by atoms with Gasteiger partial charge < -0.3 is 28.8 Å². The third-order valence-electron chi connectivity index (χ3n) is 4.14. The molecule has 0 bridgehead atoms. The lowest BCUT2D eigenvalue weighted by Crippen LogP contribution is -2.37. The molecule has 168 valence electrons. The van der Waals surface area contributed by atoms with Gasteiger partial charge in [0.25, 0.3) is 0 Å². The van der Waals surface area contributed by atoms with Crippen molar-refractivity contribution in [2.75, 3.05) is 52.5 Å². The number of benzene rings is 1. The van der Waals surface area contributed by atoms with Gasteiger partial charge in [-0.3, -0.25) is 4.99 Å². The molecule has 2 rings (SSSR count). The average Bonchev–Trinajstić information content (AvgIpc) is 3.11. The van der Waals surface area contributed by atoms with Crippen molar-refractivity contribution in [2.45, 2.75) is 32.4 Å². The van der Waals surface area contributed by atoms with E-state index in [9.17, 15) is 9.90 Å². The molecule has 1 aliphatic heterocycles. The number of carbonyl (C=O) groups excluding carboxylic acids is 1. The Kier molecular flexibility index (Phi) is 9.90. The van der Waals surface area contributed by atoms with Gasteiger partial charge in [0.15, 0.2) is 17.0 Å². The average molecular weight is 442 g/mol. The van der Waals surface area contributed by atoms with E-state index in [4.69, 9.17) is 23.7 Å². The van der Waals surface area contributed by atoms with E-state index >= 15 is 0 Å². The van der Waals surface area contributed by atoms with E-state index < -0.39 is 5.54 Å². The van der Waals surface area contributed by atoms with Crippen molar-refractivity contribution in [3.63, 3.8) is 0 Å². The van der Waals surface area contributed by atoms with Crippen LogP contribution in [-0.2, 0) is 23.7 Å². The Balaban J connectivity index is 1.88. The first kappa shape index (κ1) is 24.5. The number of thioether (sulfide) groups is 1. The smallest absolute Gasteiger partial charge is 0.334 e. The number of hydrogen-bond donors (Lipinski definition) is 1. The first-order valence-corrected chi connectivity index (χ1v) is 10.9. The van der Waals surface area contributed by atoms with E-state index in [1.54, 1.807) is 46.1 Å². The topological polar surface area (TPSA) is 95.8 Å². The lowest BCUT2D eigenvalue weighted by atomic mass is 10.1. The molecule has 1 aromatic carbocycles. The van der Waals surface area contributed by atoms with E-state index in [-0.39, 0.29) is 24.4 Å². The number of nitrogens with zero attached hydrogens (tertiary/aromatic N) is 1. The third kappa shape index (κ3) is 7.16. The summed E-state index contributed by atoms with van der Waals surface area (Å²) < 4.78 is 26.6. The Morgan fingerprint density at radius 2 is 1.83 bits per heavy atom. The van der Waals surface area contributed by atoms with Crippen molar-refractivity contribution < 1.29 is 33.6 Å². The van der Waals surface area contributed by atoms with Crippen LogP contribution in [0.3, 0.4) is 0 Å². The van der Waals surface area contributed by atoms with E-state index in [1.807, 2.05) is 0 Å². The zero-order valence-electron chi connectivity index (χ0n) is 18.0. The molecule has 0 aromatic heterocycles. The fraction of sp³-hybridized carbons (Fsp3) is 0.619. The van der Waals surface area contributed by atoms with Gasteiger partial charge in [0.1, 0.15) is 11.7 Å².